The van der Waals surface area contributed by atoms with Crippen molar-refractivity contribution >= 4 is 31.3 Å². The zero-order valence-corrected chi connectivity index (χ0v) is 18.3. The molecule has 7 heteroatoms. The molecule has 5 nitrogen and oxygen atoms in total. The summed E-state index contributed by atoms with van der Waals surface area (Å²) in [4.78, 5) is 12.7. The number of piperidine rings is 1. The Bertz CT molecular complexity index is 638. The van der Waals surface area contributed by atoms with Crippen molar-refractivity contribution in [3.8, 4) is 0 Å². The first kappa shape index (κ1) is 21.2. The molecule has 1 aliphatic rings. The van der Waals surface area contributed by atoms with Crippen molar-refractivity contribution in [2.45, 2.75) is 58.2 Å². The van der Waals surface area contributed by atoms with Crippen molar-refractivity contribution < 1.29 is 9.35 Å². The maximum Gasteiger partial charge on any atom is 0.288 e. The highest BCUT2D eigenvalue weighted by molar-refractivity contribution is 6.74. The second kappa shape index (κ2) is 8.27. The smallest absolute Gasteiger partial charge is 0.288 e. The van der Waals surface area contributed by atoms with Crippen molar-refractivity contribution in [2.75, 3.05) is 24.6 Å². The van der Waals surface area contributed by atoms with Gasteiger partial charge in [0.2, 0.25) is 0 Å². The zero-order chi connectivity index (χ0) is 19.5. The Morgan fingerprint density at radius 1 is 1.31 bits per heavy atom. The summed E-state index contributed by atoms with van der Waals surface area (Å²) >= 11 is 6.04. The van der Waals surface area contributed by atoms with Gasteiger partial charge in [-0.1, -0.05) is 32.4 Å². The molecule has 0 spiro atoms. The number of nitro benzene ring substituents is 1. The summed E-state index contributed by atoms with van der Waals surface area (Å²) in [6.45, 7) is 14.2. The topological polar surface area (TPSA) is 55.6 Å². The average Bonchev–Trinajstić information content (AvgIpc) is 2.54. The fourth-order valence-corrected chi connectivity index (χ4v) is 4.32. The number of halogens is 1. The third-order valence-corrected chi connectivity index (χ3v) is 10.7. The zero-order valence-electron chi connectivity index (χ0n) is 16.5. The van der Waals surface area contributed by atoms with Crippen LogP contribution in [0.5, 0.6) is 0 Å². The molecule has 1 heterocycles. The lowest BCUT2D eigenvalue weighted by molar-refractivity contribution is -0.384. The maximum atomic E-state index is 10.9. The van der Waals surface area contributed by atoms with E-state index in [2.05, 4.69) is 38.8 Å². The number of nitro groups is 1. The van der Waals surface area contributed by atoms with Crippen LogP contribution in [-0.2, 0) is 4.43 Å². The maximum absolute atomic E-state index is 10.9. The molecule has 1 aromatic carbocycles. The van der Waals surface area contributed by atoms with Crippen LogP contribution in [0.1, 0.15) is 40.0 Å². The van der Waals surface area contributed by atoms with Gasteiger partial charge < -0.3 is 9.33 Å². The minimum atomic E-state index is -1.66. The molecule has 1 saturated heterocycles. The van der Waals surface area contributed by atoms with Gasteiger partial charge >= 0.3 is 0 Å². The minimum Gasteiger partial charge on any atom is -0.417 e. The van der Waals surface area contributed by atoms with Gasteiger partial charge in [0.25, 0.3) is 5.69 Å². The lowest BCUT2D eigenvalue weighted by Gasteiger charge is -2.37. The van der Waals surface area contributed by atoms with Gasteiger partial charge in [-0.05, 0) is 55.4 Å². The fraction of sp³-hybridized carbons (Fsp3) is 0.684. The van der Waals surface area contributed by atoms with E-state index in [1.54, 1.807) is 12.1 Å². The number of hydrogen-bond acceptors (Lipinski definition) is 4. The van der Waals surface area contributed by atoms with Crippen molar-refractivity contribution in [1.82, 2.24) is 0 Å². The first-order valence-corrected chi connectivity index (χ1v) is 12.6. The van der Waals surface area contributed by atoms with Crippen LogP contribution in [0, 0.1) is 16.0 Å². The Kier molecular flexibility index (Phi) is 6.74. The van der Waals surface area contributed by atoms with Crippen molar-refractivity contribution in [3.63, 3.8) is 0 Å². The van der Waals surface area contributed by atoms with E-state index in [4.69, 9.17) is 16.0 Å². The molecule has 0 N–H and O–H groups in total. The second-order valence-corrected chi connectivity index (χ2v) is 13.9. The third-order valence-electron chi connectivity index (χ3n) is 5.90. The van der Waals surface area contributed by atoms with Crippen molar-refractivity contribution in [2.24, 2.45) is 5.92 Å². The molecule has 146 valence electrons. The summed E-state index contributed by atoms with van der Waals surface area (Å²) in [5, 5.41) is 11.3. The molecular weight excluding hydrogens is 368 g/mol. The van der Waals surface area contributed by atoms with Crippen LogP contribution in [-0.4, -0.2) is 32.9 Å². The number of rotatable bonds is 6. The minimum absolute atomic E-state index is 0.0342. The lowest BCUT2D eigenvalue weighted by Crippen LogP contribution is -2.41. The fourth-order valence-electron chi connectivity index (χ4n) is 3.02. The lowest BCUT2D eigenvalue weighted by atomic mass is 9.93. The Morgan fingerprint density at radius 2 is 1.92 bits per heavy atom. The van der Waals surface area contributed by atoms with E-state index >= 15 is 0 Å². The molecule has 0 unspecified atom stereocenters. The Hall–Kier alpha value is -1.11. The molecule has 1 fully saturated rings. The van der Waals surface area contributed by atoms with Crippen LogP contribution in [0.4, 0.5) is 11.4 Å². The molecule has 0 aliphatic carbocycles. The quantitative estimate of drug-likeness (QED) is 0.341. The summed E-state index contributed by atoms with van der Waals surface area (Å²) in [6.07, 6.45) is 3.35. The van der Waals surface area contributed by atoms with E-state index in [-0.39, 0.29) is 15.7 Å². The highest BCUT2D eigenvalue weighted by atomic mass is 35.5. The van der Waals surface area contributed by atoms with E-state index in [0.29, 0.717) is 5.92 Å². The summed E-state index contributed by atoms with van der Waals surface area (Å²) in [5.41, 5.74) is 0.935. The third kappa shape index (κ3) is 5.21. The Balaban J connectivity index is 1.82. The van der Waals surface area contributed by atoms with E-state index in [0.717, 1.165) is 44.6 Å². The molecule has 0 radical (unpaired) electrons. The van der Waals surface area contributed by atoms with Crippen LogP contribution in [0.3, 0.4) is 0 Å². The molecular formula is C19H31ClN2O3Si. The van der Waals surface area contributed by atoms with Crippen LogP contribution < -0.4 is 4.90 Å². The van der Waals surface area contributed by atoms with Crippen LogP contribution >= 0.6 is 11.6 Å². The molecule has 2 rings (SSSR count). The number of hydrogen-bond donors (Lipinski definition) is 0. The summed E-state index contributed by atoms with van der Waals surface area (Å²) in [6, 6.07) is 5.00. The molecule has 0 atom stereocenters. The normalized spacial score (nSPS) is 16.8. The molecule has 0 amide bonds. The van der Waals surface area contributed by atoms with Gasteiger partial charge in [0, 0.05) is 31.5 Å². The average molecular weight is 399 g/mol. The standard InChI is InChI=1S/C19H31ClN2O3Si/c1-19(2,3)26(4,5)25-13-10-15-8-11-21(12-9-15)16-6-7-18(22(23)24)17(20)14-16/h6-7,14-15H,8-13H2,1-5H3. The van der Waals surface area contributed by atoms with E-state index in [1.165, 1.54) is 6.07 Å². The van der Waals surface area contributed by atoms with Gasteiger partial charge in [-0.15, -0.1) is 0 Å². The molecule has 0 bridgehead atoms. The van der Waals surface area contributed by atoms with Gasteiger partial charge in [-0.2, -0.15) is 0 Å². The first-order valence-electron chi connectivity index (χ1n) is 9.34. The number of benzene rings is 1. The Labute approximate surface area is 163 Å². The summed E-state index contributed by atoms with van der Waals surface area (Å²) < 4.78 is 6.30. The Morgan fingerprint density at radius 3 is 2.42 bits per heavy atom. The second-order valence-electron chi connectivity index (χ2n) is 8.72. The molecule has 0 aromatic heterocycles. The van der Waals surface area contributed by atoms with Gasteiger partial charge in [0.1, 0.15) is 5.02 Å². The molecule has 1 aliphatic heterocycles. The van der Waals surface area contributed by atoms with Gasteiger partial charge in [-0.25, -0.2) is 0 Å². The monoisotopic (exact) mass is 398 g/mol. The first-order chi connectivity index (χ1) is 12.0. The van der Waals surface area contributed by atoms with Crippen LogP contribution in [0.25, 0.3) is 0 Å². The van der Waals surface area contributed by atoms with Gasteiger partial charge in [-0.3, -0.25) is 10.1 Å². The van der Waals surface area contributed by atoms with E-state index in [1.807, 2.05) is 0 Å². The highest BCUT2D eigenvalue weighted by Crippen LogP contribution is 2.37. The van der Waals surface area contributed by atoms with Crippen molar-refractivity contribution in [1.29, 1.82) is 0 Å². The van der Waals surface area contributed by atoms with Gasteiger partial charge in [0.15, 0.2) is 8.32 Å². The summed E-state index contributed by atoms with van der Waals surface area (Å²) in [5.74, 6) is 0.685. The predicted molar refractivity (Wildman–Crippen MR) is 111 cm³/mol. The largest absolute Gasteiger partial charge is 0.417 e. The SMILES string of the molecule is CC(C)(C)[Si](C)(C)OCCC1CCN(c2ccc([N+](=O)[O-])c(Cl)c2)CC1. The van der Waals surface area contributed by atoms with E-state index in [9.17, 15) is 10.1 Å². The van der Waals surface area contributed by atoms with Crippen LogP contribution in [0.15, 0.2) is 18.2 Å². The number of anilines is 1. The van der Waals surface area contributed by atoms with Crippen molar-refractivity contribution in [3.05, 3.63) is 33.3 Å². The highest BCUT2D eigenvalue weighted by Gasteiger charge is 2.37. The molecule has 0 saturated carbocycles. The molecule has 1 aromatic rings. The molecule has 26 heavy (non-hydrogen) atoms. The number of nitrogens with zero attached hydrogens (tertiary/aromatic N) is 2. The van der Waals surface area contributed by atoms with Gasteiger partial charge in [0.05, 0.1) is 4.92 Å². The van der Waals surface area contributed by atoms with E-state index < -0.39 is 13.2 Å². The summed E-state index contributed by atoms with van der Waals surface area (Å²) in [7, 11) is -1.66. The van der Waals surface area contributed by atoms with Crippen LogP contribution in [0.2, 0.25) is 23.2 Å². The predicted octanol–water partition coefficient (Wildman–Crippen LogP) is 5.88.